The maximum absolute atomic E-state index is 6.38. The number of hydrogen-bond acceptors (Lipinski definition) is 3. The molecule has 2 unspecified atom stereocenters. The third-order valence-electron chi connectivity index (χ3n) is 3.63. The first-order valence-electron chi connectivity index (χ1n) is 7.33. The van der Waals surface area contributed by atoms with Crippen LogP contribution in [0, 0.1) is 5.92 Å². The van der Waals surface area contributed by atoms with E-state index in [1.54, 1.807) is 0 Å². The fraction of sp³-hybridized carbons (Fsp3) is 0.471. The number of para-hydroxylation sites is 1. The summed E-state index contributed by atoms with van der Waals surface area (Å²) < 4.78 is 5.81. The maximum atomic E-state index is 6.38. The Morgan fingerprint density at radius 1 is 1.20 bits per heavy atom. The lowest BCUT2D eigenvalue weighted by molar-refractivity contribution is 0.0128. The summed E-state index contributed by atoms with van der Waals surface area (Å²) in [7, 11) is 0. The Morgan fingerprint density at radius 3 is 2.65 bits per heavy atom. The molecule has 0 amide bonds. The van der Waals surface area contributed by atoms with Crippen LogP contribution in [-0.4, -0.2) is 23.7 Å². The van der Waals surface area contributed by atoms with Gasteiger partial charge in [-0.15, -0.1) is 0 Å². The first-order chi connectivity index (χ1) is 9.63. The topological polar surface area (TPSA) is 48.1 Å². The van der Waals surface area contributed by atoms with Gasteiger partial charge in [-0.05, 0) is 37.0 Å². The number of ether oxygens (including phenoxy) is 1. The molecule has 0 saturated carbocycles. The normalized spacial score (nSPS) is 14.7. The fourth-order valence-electron chi connectivity index (χ4n) is 2.71. The van der Waals surface area contributed by atoms with Crippen molar-refractivity contribution in [3.63, 3.8) is 0 Å². The van der Waals surface area contributed by atoms with Gasteiger partial charge in [-0.3, -0.25) is 4.98 Å². The molecule has 0 fully saturated rings. The molecule has 108 valence electrons. The molecule has 0 spiro atoms. The van der Waals surface area contributed by atoms with Crippen molar-refractivity contribution in [2.75, 3.05) is 6.61 Å². The molecule has 0 saturated heterocycles. The van der Waals surface area contributed by atoms with Crippen LogP contribution in [0.3, 0.4) is 0 Å². The van der Waals surface area contributed by atoms with E-state index in [2.05, 4.69) is 31.0 Å². The van der Waals surface area contributed by atoms with Crippen LogP contribution in [0.15, 0.2) is 36.5 Å². The molecule has 1 heterocycles. The number of aromatic nitrogens is 1. The number of nitrogens with two attached hydrogens (primary N) is 1. The first-order valence-corrected chi connectivity index (χ1v) is 7.33. The standard InChI is InChI=1S/C17H24N2O/c1-4-20-17(12(2)3)15(18)11-13-9-10-19-16-8-6-5-7-14(13)16/h5-10,12,15,17H,4,11,18H2,1-3H3. The van der Waals surface area contributed by atoms with E-state index in [0.717, 1.165) is 11.9 Å². The van der Waals surface area contributed by atoms with Gasteiger partial charge in [0.15, 0.2) is 0 Å². The fourth-order valence-corrected chi connectivity index (χ4v) is 2.71. The second-order valence-corrected chi connectivity index (χ2v) is 5.52. The molecule has 0 aliphatic carbocycles. The predicted molar refractivity (Wildman–Crippen MR) is 83.7 cm³/mol. The van der Waals surface area contributed by atoms with Crippen molar-refractivity contribution in [3.05, 3.63) is 42.1 Å². The summed E-state index contributed by atoms with van der Waals surface area (Å²) in [6.07, 6.45) is 2.76. The summed E-state index contributed by atoms with van der Waals surface area (Å²) >= 11 is 0. The summed E-state index contributed by atoms with van der Waals surface area (Å²) in [5.74, 6) is 0.415. The van der Waals surface area contributed by atoms with Gasteiger partial charge in [-0.25, -0.2) is 0 Å². The average Bonchev–Trinajstić information content (AvgIpc) is 2.44. The van der Waals surface area contributed by atoms with Gasteiger partial charge in [-0.2, -0.15) is 0 Å². The third-order valence-corrected chi connectivity index (χ3v) is 3.63. The molecule has 1 aromatic heterocycles. The zero-order chi connectivity index (χ0) is 14.5. The Labute approximate surface area is 121 Å². The molecule has 0 radical (unpaired) electrons. The summed E-state index contributed by atoms with van der Waals surface area (Å²) in [5, 5.41) is 1.18. The van der Waals surface area contributed by atoms with Gasteiger partial charge < -0.3 is 10.5 Å². The molecule has 3 heteroatoms. The van der Waals surface area contributed by atoms with Gasteiger partial charge in [0.25, 0.3) is 0 Å². The third kappa shape index (κ3) is 3.35. The lowest BCUT2D eigenvalue weighted by atomic mass is 9.93. The maximum Gasteiger partial charge on any atom is 0.0751 e. The summed E-state index contributed by atoms with van der Waals surface area (Å²) in [4.78, 5) is 4.39. The highest BCUT2D eigenvalue weighted by atomic mass is 16.5. The van der Waals surface area contributed by atoms with Crippen molar-refractivity contribution in [3.8, 4) is 0 Å². The lowest BCUT2D eigenvalue weighted by Crippen LogP contribution is -2.42. The number of hydrogen-bond donors (Lipinski definition) is 1. The minimum absolute atomic E-state index is 0.000700. The van der Waals surface area contributed by atoms with E-state index in [0.29, 0.717) is 12.5 Å². The lowest BCUT2D eigenvalue weighted by Gasteiger charge is -2.27. The Bertz CT molecular complexity index is 548. The number of fused-ring (bicyclic) bond motifs is 1. The van der Waals surface area contributed by atoms with Gasteiger partial charge in [0.2, 0.25) is 0 Å². The van der Waals surface area contributed by atoms with E-state index >= 15 is 0 Å². The molecule has 0 aliphatic rings. The predicted octanol–water partition coefficient (Wildman–Crippen LogP) is 3.17. The van der Waals surface area contributed by atoms with Crippen LogP contribution in [0.25, 0.3) is 10.9 Å². The summed E-state index contributed by atoms with van der Waals surface area (Å²) in [5.41, 5.74) is 8.65. The van der Waals surface area contributed by atoms with Gasteiger partial charge in [0.1, 0.15) is 0 Å². The molecule has 1 aromatic carbocycles. The zero-order valence-corrected chi connectivity index (χ0v) is 12.5. The number of nitrogens with zero attached hydrogens (tertiary/aromatic N) is 1. The number of benzene rings is 1. The number of pyridine rings is 1. The SMILES string of the molecule is CCOC(C(C)C)C(N)Cc1ccnc2ccccc12. The molecular formula is C17H24N2O. The van der Waals surface area contributed by atoms with Crippen molar-refractivity contribution in [1.82, 2.24) is 4.98 Å². The van der Waals surface area contributed by atoms with Gasteiger partial charge >= 0.3 is 0 Å². The summed E-state index contributed by atoms with van der Waals surface area (Å²) in [6.45, 7) is 7.03. The van der Waals surface area contributed by atoms with Crippen molar-refractivity contribution in [2.45, 2.75) is 39.3 Å². The molecule has 0 bridgehead atoms. The highest BCUT2D eigenvalue weighted by molar-refractivity contribution is 5.81. The largest absolute Gasteiger partial charge is 0.377 e. The van der Waals surface area contributed by atoms with Crippen molar-refractivity contribution in [1.29, 1.82) is 0 Å². The van der Waals surface area contributed by atoms with Crippen LogP contribution in [0.1, 0.15) is 26.3 Å². The van der Waals surface area contributed by atoms with E-state index in [1.165, 1.54) is 10.9 Å². The van der Waals surface area contributed by atoms with E-state index in [1.807, 2.05) is 31.3 Å². The first kappa shape index (κ1) is 14.9. The van der Waals surface area contributed by atoms with E-state index in [9.17, 15) is 0 Å². The van der Waals surface area contributed by atoms with E-state index in [-0.39, 0.29) is 12.1 Å². The Morgan fingerprint density at radius 2 is 1.95 bits per heavy atom. The molecule has 3 nitrogen and oxygen atoms in total. The van der Waals surface area contributed by atoms with Crippen molar-refractivity contribution in [2.24, 2.45) is 11.7 Å². The monoisotopic (exact) mass is 272 g/mol. The molecule has 20 heavy (non-hydrogen) atoms. The molecule has 2 aromatic rings. The van der Waals surface area contributed by atoms with Crippen molar-refractivity contribution >= 4 is 10.9 Å². The summed E-state index contributed by atoms with van der Waals surface area (Å²) in [6, 6.07) is 10.3. The molecular weight excluding hydrogens is 248 g/mol. The van der Waals surface area contributed by atoms with Crippen LogP contribution in [0.5, 0.6) is 0 Å². The van der Waals surface area contributed by atoms with E-state index in [4.69, 9.17) is 10.5 Å². The quantitative estimate of drug-likeness (QED) is 0.878. The Kier molecular flexibility index (Phi) is 5.10. The second-order valence-electron chi connectivity index (χ2n) is 5.52. The van der Waals surface area contributed by atoms with Crippen molar-refractivity contribution < 1.29 is 4.74 Å². The van der Waals surface area contributed by atoms with Gasteiger partial charge in [0.05, 0.1) is 11.6 Å². The molecule has 2 atom stereocenters. The van der Waals surface area contributed by atoms with Crippen LogP contribution < -0.4 is 5.73 Å². The highest BCUT2D eigenvalue weighted by Gasteiger charge is 2.22. The Balaban J connectivity index is 2.22. The van der Waals surface area contributed by atoms with Crippen LogP contribution >= 0.6 is 0 Å². The van der Waals surface area contributed by atoms with E-state index < -0.39 is 0 Å². The van der Waals surface area contributed by atoms with Crippen LogP contribution in [0.4, 0.5) is 0 Å². The van der Waals surface area contributed by atoms with Gasteiger partial charge in [-0.1, -0.05) is 32.0 Å². The second kappa shape index (κ2) is 6.82. The van der Waals surface area contributed by atoms with Crippen LogP contribution in [-0.2, 0) is 11.2 Å². The molecule has 2 N–H and O–H groups in total. The minimum Gasteiger partial charge on any atom is -0.377 e. The zero-order valence-electron chi connectivity index (χ0n) is 12.5. The molecule has 2 rings (SSSR count). The van der Waals surface area contributed by atoms with Crippen LogP contribution in [0.2, 0.25) is 0 Å². The smallest absolute Gasteiger partial charge is 0.0751 e. The van der Waals surface area contributed by atoms with Gasteiger partial charge in [0, 0.05) is 24.2 Å². The Hall–Kier alpha value is -1.45. The minimum atomic E-state index is 0.000700. The number of rotatable bonds is 6. The highest BCUT2D eigenvalue weighted by Crippen LogP contribution is 2.20. The molecule has 0 aliphatic heterocycles. The average molecular weight is 272 g/mol.